The van der Waals surface area contributed by atoms with Gasteiger partial charge in [0.15, 0.2) is 0 Å². The van der Waals surface area contributed by atoms with E-state index in [0.717, 1.165) is 0 Å². The third-order valence-electron chi connectivity index (χ3n) is 3.33. The van der Waals surface area contributed by atoms with Gasteiger partial charge in [0.1, 0.15) is 12.1 Å². The lowest BCUT2D eigenvalue weighted by atomic mass is 10.1. The van der Waals surface area contributed by atoms with Crippen molar-refractivity contribution in [2.24, 2.45) is 10.7 Å². The van der Waals surface area contributed by atoms with E-state index in [1.54, 1.807) is 6.20 Å². The topological polar surface area (TPSA) is 122 Å². The zero-order chi connectivity index (χ0) is 14.5. The number of amides is 2. The van der Waals surface area contributed by atoms with Gasteiger partial charge in [-0.05, 0) is 12.8 Å². The molecule has 20 heavy (non-hydrogen) atoms. The molecular weight excluding hydrogens is 262 g/mol. The molecule has 8 heteroatoms. The van der Waals surface area contributed by atoms with Crippen LogP contribution in [0.5, 0.6) is 0 Å². The van der Waals surface area contributed by atoms with Gasteiger partial charge in [-0.2, -0.15) is 4.99 Å². The van der Waals surface area contributed by atoms with Crippen LogP contribution in [0.4, 0.5) is 0 Å². The van der Waals surface area contributed by atoms with Crippen LogP contribution in [-0.4, -0.2) is 51.4 Å². The van der Waals surface area contributed by atoms with Crippen molar-refractivity contribution in [2.75, 3.05) is 6.54 Å². The molecular formula is C12H15N5O3. The number of rotatable bonds is 5. The predicted octanol–water partition coefficient (Wildman–Crippen LogP) is -0.867. The molecule has 106 valence electrons. The fourth-order valence-corrected chi connectivity index (χ4v) is 2.37. The van der Waals surface area contributed by atoms with E-state index in [9.17, 15) is 14.4 Å². The molecule has 2 rings (SSSR count). The van der Waals surface area contributed by atoms with Gasteiger partial charge in [0, 0.05) is 24.9 Å². The van der Waals surface area contributed by atoms with Crippen LogP contribution in [0.25, 0.3) is 0 Å². The fourth-order valence-electron chi connectivity index (χ4n) is 2.37. The molecule has 1 aromatic heterocycles. The number of hydrogen-bond donors (Lipinski definition) is 2. The largest absolute Gasteiger partial charge is 0.368 e. The number of H-pyrrole nitrogens is 1. The Hall–Kier alpha value is -2.47. The second-order valence-electron chi connectivity index (χ2n) is 4.61. The predicted molar refractivity (Wildman–Crippen MR) is 68.1 cm³/mol. The van der Waals surface area contributed by atoms with E-state index in [1.165, 1.54) is 17.3 Å². The number of likely N-dealkylation sites (tertiary alicyclic amines) is 1. The van der Waals surface area contributed by atoms with E-state index in [0.29, 0.717) is 25.1 Å². The van der Waals surface area contributed by atoms with Crippen LogP contribution in [0.2, 0.25) is 0 Å². The van der Waals surface area contributed by atoms with Crippen molar-refractivity contribution in [1.29, 1.82) is 0 Å². The van der Waals surface area contributed by atoms with Gasteiger partial charge in [-0.1, -0.05) is 0 Å². The maximum Gasteiger partial charge on any atom is 0.249 e. The van der Waals surface area contributed by atoms with Crippen LogP contribution in [0.15, 0.2) is 17.5 Å². The molecule has 2 heterocycles. The van der Waals surface area contributed by atoms with E-state index in [2.05, 4.69) is 15.0 Å². The first kappa shape index (κ1) is 14.0. The molecule has 2 amide bonds. The number of nitrogens with one attached hydrogen (secondary N) is 1. The minimum absolute atomic E-state index is 0.204. The van der Waals surface area contributed by atoms with E-state index in [4.69, 9.17) is 5.73 Å². The summed E-state index contributed by atoms with van der Waals surface area (Å²) in [6.45, 7) is 0.445. The minimum atomic E-state index is -0.909. The lowest BCUT2D eigenvalue weighted by molar-refractivity contribution is -0.138. The van der Waals surface area contributed by atoms with E-state index < -0.39 is 18.0 Å². The van der Waals surface area contributed by atoms with Crippen molar-refractivity contribution in [1.82, 2.24) is 14.9 Å². The molecule has 1 aromatic rings. The molecule has 1 saturated heterocycles. The highest BCUT2D eigenvalue weighted by Crippen LogP contribution is 2.19. The second-order valence-corrected chi connectivity index (χ2v) is 4.61. The number of nitrogens with two attached hydrogens (primary N) is 1. The summed E-state index contributed by atoms with van der Waals surface area (Å²) in [5.41, 5.74) is 5.96. The van der Waals surface area contributed by atoms with Crippen molar-refractivity contribution in [3.63, 3.8) is 0 Å². The average Bonchev–Trinajstić information content (AvgIpc) is 3.08. The summed E-state index contributed by atoms with van der Waals surface area (Å²) in [5, 5.41) is 0. The van der Waals surface area contributed by atoms with E-state index >= 15 is 0 Å². The Morgan fingerprint density at radius 1 is 1.65 bits per heavy atom. The number of isocyanates is 1. The fraction of sp³-hybridized carbons (Fsp3) is 0.500. The van der Waals surface area contributed by atoms with Gasteiger partial charge < -0.3 is 15.6 Å². The zero-order valence-corrected chi connectivity index (χ0v) is 10.8. The molecule has 3 N–H and O–H groups in total. The van der Waals surface area contributed by atoms with Crippen LogP contribution < -0.4 is 5.73 Å². The molecule has 0 saturated carbocycles. The smallest absolute Gasteiger partial charge is 0.249 e. The van der Waals surface area contributed by atoms with Gasteiger partial charge in [-0.15, -0.1) is 0 Å². The number of aromatic nitrogens is 2. The summed E-state index contributed by atoms with van der Waals surface area (Å²) in [5.74, 6) is -0.921. The number of aliphatic imine (C=N–C) groups is 1. The average molecular weight is 277 g/mol. The number of imidazole rings is 1. The molecule has 0 unspecified atom stereocenters. The summed E-state index contributed by atoms with van der Waals surface area (Å²) in [6, 6.07) is -1.53. The molecule has 1 fully saturated rings. The Bertz CT molecular complexity index is 535. The molecule has 1 aliphatic heterocycles. The lowest BCUT2D eigenvalue weighted by Crippen LogP contribution is -2.47. The van der Waals surface area contributed by atoms with Gasteiger partial charge in [0.2, 0.25) is 17.9 Å². The molecule has 1 aliphatic rings. The first-order valence-corrected chi connectivity index (χ1v) is 6.27. The first-order chi connectivity index (χ1) is 9.63. The van der Waals surface area contributed by atoms with Crippen molar-refractivity contribution in [3.05, 3.63) is 18.2 Å². The standard InChI is InChI=1S/C12H15N5O3/c13-11(19)10-2-1-3-17(10)12(20)9(16-7-18)4-8-5-14-6-15-8/h5-6,9-10H,1-4H2,(H2,13,19)(H,14,15)/t9-,10-/m0/s1. The number of primary amides is 1. The van der Waals surface area contributed by atoms with Crippen LogP contribution in [0.3, 0.4) is 0 Å². The summed E-state index contributed by atoms with van der Waals surface area (Å²) >= 11 is 0. The van der Waals surface area contributed by atoms with Gasteiger partial charge in [0.05, 0.1) is 6.33 Å². The second kappa shape index (κ2) is 6.12. The van der Waals surface area contributed by atoms with Crippen molar-refractivity contribution < 1.29 is 14.4 Å². The van der Waals surface area contributed by atoms with Crippen LogP contribution in [0, 0.1) is 0 Å². The Morgan fingerprint density at radius 2 is 2.45 bits per heavy atom. The Labute approximate surface area is 115 Å². The third-order valence-corrected chi connectivity index (χ3v) is 3.33. The molecule has 0 aliphatic carbocycles. The molecule has 0 bridgehead atoms. The summed E-state index contributed by atoms with van der Waals surface area (Å²) in [6.07, 6.45) is 5.89. The SMILES string of the molecule is NC(=O)[C@@H]1CCCN1C(=O)[C@H](Cc1cnc[nH]1)N=C=O. The zero-order valence-electron chi connectivity index (χ0n) is 10.8. The Balaban J connectivity index is 2.14. The number of carbonyl (C=O) groups is 2. The highest BCUT2D eigenvalue weighted by Gasteiger charge is 2.36. The molecule has 0 radical (unpaired) electrons. The van der Waals surface area contributed by atoms with Gasteiger partial charge >= 0.3 is 0 Å². The van der Waals surface area contributed by atoms with Gasteiger partial charge in [0.25, 0.3) is 0 Å². The van der Waals surface area contributed by atoms with Gasteiger partial charge in [-0.25, -0.2) is 9.78 Å². The minimum Gasteiger partial charge on any atom is -0.368 e. The van der Waals surface area contributed by atoms with Crippen molar-refractivity contribution in [2.45, 2.75) is 31.3 Å². The monoisotopic (exact) mass is 277 g/mol. The Kier molecular flexibility index (Phi) is 4.27. The molecule has 8 nitrogen and oxygen atoms in total. The number of nitrogens with zero attached hydrogens (tertiary/aromatic N) is 3. The van der Waals surface area contributed by atoms with Crippen LogP contribution in [-0.2, 0) is 20.8 Å². The van der Waals surface area contributed by atoms with Crippen LogP contribution >= 0.6 is 0 Å². The number of carbonyl (C=O) groups excluding carboxylic acids is 3. The highest BCUT2D eigenvalue weighted by molar-refractivity contribution is 5.90. The van der Waals surface area contributed by atoms with E-state index in [1.807, 2.05) is 0 Å². The lowest BCUT2D eigenvalue weighted by Gasteiger charge is -2.24. The summed E-state index contributed by atoms with van der Waals surface area (Å²) in [4.78, 5) is 45.8. The number of aromatic amines is 1. The highest BCUT2D eigenvalue weighted by atomic mass is 16.2. The van der Waals surface area contributed by atoms with E-state index in [-0.39, 0.29) is 12.3 Å². The maximum absolute atomic E-state index is 12.4. The Morgan fingerprint density at radius 3 is 3.05 bits per heavy atom. The molecule has 2 atom stereocenters. The quantitative estimate of drug-likeness (QED) is 0.536. The van der Waals surface area contributed by atoms with Crippen molar-refractivity contribution >= 4 is 17.9 Å². The van der Waals surface area contributed by atoms with Crippen molar-refractivity contribution in [3.8, 4) is 0 Å². The first-order valence-electron chi connectivity index (χ1n) is 6.27. The molecule has 0 spiro atoms. The molecule has 0 aromatic carbocycles. The third kappa shape index (κ3) is 2.92. The summed E-state index contributed by atoms with van der Waals surface area (Å²) < 4.78 is 0. The van der Waals surface area contributed by atoms with Crippen LogP contribution in [0.1, 0.15) is 18.5 Å². The number of hydrogen-bond acceptors (Lipinski definition) is 5. The summed E-state index contributed by atoms with van der Waals surface area (Å²) in [7, 11) is 0. The van der Waals surface area contributed by atoms with Gasteiger partial charge in [-0.3, -0.25) is 9.59 Å². The maximum atomic E-state index is 12.4. The normalized spacial score (nSPS) is 19.4.